The van der Waals surface area contributed by atoms with Gasteiger partial charge >= 0.3 is 5.51 Å². The van der Waals surface area contributed by atoms with Crippen LogP contribution in [0.4, 0.5) is 18.9 Å². The van der Waals surface area contributed by atoms with Gasteiger partial charge in [-0.05, 0) is 94.8 Å². The van der Waals surface area contributed by atoms with Crippen molar-refractivity contribution in [3.63, 3.8) is 0 Å². The van der Waals surface area contributed by atoms with E-state index in [-0.39, 0.29) is 17.6 Å². The van der Waals surface area contributed by atoms with E-state index >= 15 is 0 Å². The molecule has 56 heavy (non-hydrogen) atoms. The standard InChI is InChI=1S/C38H51F3N6O5S4/c1-27-37(54-26-45-27)29-15-13-28(14-16-29)34(43-2)24-36(48)44-20-9-4-5-10-21-47(3)22-19-30(25-53-31-11-7-6-8-12-31)46-33-18-17-32(56(42,51)52)23-35(33)55(49,50)38(39,40)41/h6-8,11-18,23,30,34,43,45-46H,4-5,9-10,19-22,24-26H2,1-3H3,(H,44,48)(H2,42,51,52). The lowest BCUT2D eigenvalue weighted by molar-refractivity contribution is -0.121. The molecule has 1 aliphatic heterocycles. The van der Waals surface area contributed by atoms with E-state index in [2.05, 4.69) is 57.4 Å². The molecule has 18 heteroatoms. The van der Waals surface area contributed by atoms with Gasteiger partial charge < -0.3 is 26.2 Å². The van der Waals surface area contributed by atoms with E-state index in [0.717, 1.165) is 60.7 Å². The SMILES string of the molecule is CNC(CC(=O)NCCCCCCN(C)CCC(CSc1ccccc1)Nc1ccc(S(N)(=O)=O)cc1S(=O)(=O)C(F)(F)F)c1ccc(C2=C(C)NCS2)cc1. The number of benzene rings is 3. The van der Waals surface area contributed by atoms with Crippen molar-refractivity contribution in [3.05, 3.63) is 89.6 Å². The van der Waals surface area contributed by atoms with E-state index in [1.165, 1.54) is 27.9 Å². The van der Waals surface area contributed by atoms with Gasteiger partial charge in [0.1, 0.15) is 4.90 Å². The quantitative estimate of drug-likeness (QED) is 0.0552. The van der Waals surface area contributed by atoms with Crippen LogP contribution in [0.2, 0.25) is 0 Å². The zero-order chi connectivity index (χ0) is 40.9. The topological polar surface area (TPSA) is 163 Å². The molecular weight excluding hydrogens is 806 g/mol. The Morgan fingerprint density at radius 2 is 1.68 bits per heavy atom. The number of sulfone groups is 1. The highest BCUT2D eigenvalue weighted by molar-refractivity contribution is 8.08. The molecule has 2 unspecified atom stereocenters. The Labute approximate surface area is 337 Å². The average molecular weight is 857 g/mol. The summed E-state index contributed by atoms with van der Waals surface area (Å²) in [5.74, 6) is 1.25. The van der Waals surface area contributed by atoms with Crippen LogP contribution in [0.3, 0.4) is 0 Å². The zero-order valence-corrected chi connectivity index (χ0v) is 35.0. The van der Waals surface area contributed by atoms with E-state index in [9.17, 15) is 34.8 Å². The summed E-state index contributed by atoms with van der Waals surface area (Å²) in [4.78, 5) is 15.1. The Morgan fingerprint density at radius 3 is 2.30 bits per heavy atom. The Balaban J connectivity index is 1.24. The number of alkyl halides is 3. The molecule has 0 radical (unpaired) electrons. The van der Waals surface area contributed by atoms with Crippen molar-refractivity contribution in [3.8, 4) is 0 Å². The molecule has 1 aliphatic rings. The van der Waals surface area contributed by atoms with Gasteiger partial charge in [-0.15, -0.1) is 23.5 Å². The predicted octanol–water partition coefficient (Wildman–Crippen LogP) is 6.53. The molecule has 0 aromatic heterocycles. The minimum atomic E-state index is -5.91. The van der Waals surface area contributed by atoms with Crippen LogP contribution in [0, 0.1) is 0 Å². The van der Waals surface area contributed by atoms with Crippen molar-refractivity contribution < 1.29 is 34.8 Å². The molecule has 1 amide bonds. The van der Waals surface area contributed by atoms with E-state index in [0.29, 0.717) is 37.8 Å². The third kappa shape index (κ3) is 13.4. The van der Waals surface area contributed by atoms with E-state index in [4.69, 9.17) is 5.14 Å². The number of sulfonamides is 1. The van der Waals surface area contributed by atoms with Gasteiger partial charge in [0.15, 0.2) is 0 Å². The molecule has 0 aliphatic carbocycles. The zero-order valence-electron chi connectivity index (χ0n) is 31.7. The minimum absolute atomic E-state index is 0.0145. The molecule has 0 saturated heterocycles. The number of halogens is 3. The summed E-state index contributed by atoms with van der Waals surface area (Å²) in [7, 11) is -6.60. The summed E-state index contributed by atoms with van der Waals surface area (Å²) in [6.07, 6.45) is 4.39. The van der Waals surface area contributed by atoms with Gasteiger partial charge in [-0.25, -0.2) is 22.0 Å². The molecule has 308 valence electrons. The summed E-state index contributed by atoms with van der Waals surface area (Å²) in [6.45, 7) is 3.97. The van der Waals surface area contributed by atoms with E-state index in [1.807, 2.05) is 44.4 Å². The molecule has 3 aromatic carbocycles. The number of primary sulfonamides is 1. The normalized spacial score (nSPS) is 14.8. The second-order valence-corrected chi connectivity index (χ2v) is 19.1. The number of nitrogens with zero attached hydrogens (tertiary/aromatic N) is 1. The Morgan fingerprint density at radius 1 is 0.982 bits per heavy atom. The summed E-state index contributed by atoms with van der Waals surface area (Å²) in [6, 6.07) is 19.6. The first-order valence-electron chi connectivity index (χ1n) is 18.2. The number of carbonyl (C=O) groups is 1. The molecule has 0 fully saturated rings. The maximum atomic E-state index is 13.7. The maximum Gasteiger partial charge on any atom is 0.501 e. The number of anilines is 1. The molecule has 0 saturated carbocycles. The van der Waals surface area contributed by atoms with Gasteiger partial charge in [0, 0.05) is 46.3 Å². The van der Waals surface area contributed by atoms with Crippen LogP contribution in [-0.2, 0) is 24.7 Å². The van der Waals surface area contributed by atoms with Gasteiger partial charge in [-0.2, -0.15) is 13.2 Å². The summed E-state index contributed by atoms with van der Waals surface area (Å²) in [5, 5.41) is 17.7. The highest BCUT2D eigenvalue weighted by atomic mass is 32.2. The second kappa shape index (κ2) is 20.9. The summed E-state index contributed by atoms with van der Waals surface area (Å²) < 4.78 is 90.0. The van der Waals surface area contributed by atoms with Crippen LogP contribution in [-0.4, -0.2) is 84.6 Å². The van der Waals surface area contributed by atoms with E-state index in [1.54, 1.807) is 11.8 Å². The lowest BCUT2D eigenvalue weighted by atomic mass is 10.0. The number of hydrogen-bond acceptors (Lipinski definition) is 11. The number of carbonyl (C=O) groups excluding carboxylic acids is 1. The molecule has 3 aromatic rings. The predicted molar refractivity (Wildman–Crippen MR) is 220 cm³/mol. The number of unbranched alkanes of at least 4 members (excludes halogenated alkanes) is 3. The van der Waals surface area contributed by atoms with Crippen LogP contribution in [0.15, 0.2) is 93.2 Å². The van der Waals surface area contributed by atoms with Gasteiger partial charge in [0.05, 0.1) is 16.5 Å². The van der Waals surface area contributed by atoms with Crippen molar-refractivity contribution in [1.82, 2.24) is 20.9 Å². The Bertz CT molecular complexity index is 2000. The highest BCUT2D eigenvalue weighted by Gasteiger charge is 2.48. The fourth-order valence-corrected chi connectivity index (χ4v) is 9.65. The minimum Gasteiger partial charge on any atom is -0.380 e. The van der Waals surface area contributed by atoms with Gasteiger partial charge in [0.25, 0.3) is 9.84 Å². The number of rotatable bonds is 22. The fourth-order valence-electron chi connectivity index (χ4n) is 6.07. The lowest BCUT2D eigenvalue weighted by Gasteiger charge is -2.25. The number of amides is 1. The van der Waals surface area contributed by atoms with Crippen LogP contribution < -0.4 is 26.4 Å². The summed E-state index contributed by atoms with van der Waals surface area (Å²) in [5.41, 5.74) is -2.62. The molecule has 0 bridgehead atoms. The average Bonchev–Trinajstić information content (AvgIpc) is 3.59. The third-order valence-corrected chi connectivity index (χ3v) is 14.0. The Kier molecular flexibility index (Phi) is 17.0. The maximum absolute atomic E-state index is 13.7. The van der Waals surface area contributed by atoms with Gasteiger partial charge in [0.2, 0.25) is 15.9 Å². The van der Waals surface area contributed by atoms with Crippen LogP contribution in [0.1, 0.15) is 62.6 Å². The highest BCUT2D eigenvalue weighted by Crippen LogP contribution is 2.37. The number of nitrogens with two attached hydrogens (primary N) is 1. The molecular formula is C38H51F3N6O5S4. The smallest absolute Gasteiger partial charge is 0.380 e. The molecule has 1 heterocycles. The first-order valence-corrected chi connectivity index (χ1v) is 23.2. The van der Waals surface area contributed by atoms with Crippen molar-refractivity contribution >= 4 is 59.9 Å². The molecule has 2 atom stereocenters. The van der Waals surface area contributed by atoms with Crippen molar-refractivity contribution in [2.24, 2.45) is 5.14 Å². The monoisotopic (exact) mass is 856 g/mol. The summed E-state index contributed by atoms with van der Waals surface area (Å²) >= 11 is 3.24. The first-order chi connectivity index (χ1) is 26.5. The molecule has 11 nitrogen and oxygen atoms in total. The van der Waals surface area contributed by atoms with Crippen molar-refractivity contribution in [1.29, 1.82) is 0 Å². The van der Waals surface area contributed by atoms with Crippen LogP contribution in [0.25, 0.3) is 4.91 Å². The lowest BCUT2D eigenvalue weighted by Crippen LogP contribution is -2.31. The molecule has 0 spiro atoms. The molecule has 6 N–H and O–H groups in total. The second-order valence-electron chi connectivity index (χ2n) is 13.6. The number of nitrogens with one attached hydrogen (secondary N) is 4. The van der Waals surface area contributed by atoms with Crippen molar-refractivity contribution in [2.75, 3.05) is 50.7 Å². The number of allylic oxidation sites excluding steroid dienone is 1. The first kappa shape index (κ1) is 45.4. The van der Waals surface area contributed by atoms with Gasteiger partial charge in [-0.1, -0.05) is 55.3 Å². The Hall–Kier alpha value is -3.26. The van der Waals surface area contributed by atoms with Crippen molar-refractivity contribution in [2.45, 2.75) is 77.7 Å². The van der Waals surface area contributed by atoms with E-state index < -0.39 is 41.2 Å². The number of thioether (sulfide) groups is 2. The number of hydrogen-bond donors (Lipinski definition) is 5. The molecule has 4 rings (SSSR count). The third-order valence-electron chi connectivity index (χ3n) is 9.29. The van der Waals surface area contributed by atoms with Crippen LogP contribution in [0.5, 0.6) is 0 Å². The van der Waals surface area contributed by atoms with Gasteiger partial charge in [-0.3, -0.25) is 4.79 Å². The van der Waals surface area contributed by atoms with Crippen LogP contribution >= 0.6 is 23.5 Å². The largest absolute Gasteiger partial charge is 0.501 e. The fraction of sp³-hybridized carbons (Fsp3) is 0.447.